The second-order valence-electron chi connectivity index (χ2n) is 4.58. The van der Waals surface area contributed by atoms with E-state index in [1.165, 1.54) is 0 Å². The quantitative estimate of drug-likeness (QED) is 0.891. The Hall–Kier alpha value is -2.04. The Labute approximate surface area is 128 Å². The van der Waals surface area contributed by atoms with Crippen LogP contribution in [0.4, 0.5) is 5.69 Å². The number of nitrogens with two attached hydrogens (primary N) is 1. The van der Waals surface area contributed by atoms with Crippen LogP contribution in [0.15, 0.2) is 42.5 Å². The summed E-state index contributed by atoms with van der Waals surface area (Å²) >= 11 is 5.95. The largest absolute Gasteiger partial charge is 0.492 e. The number of carbonyl (C=O) groups is 1. The molecule has 2 aromatic carbocycles. The van der Waals surface area contributed by atoms with E-state index >= 15 is 0 Å². The first-order valence-electron chi connectivity index (χ1n) is 6.60. The number of halogens is 1. The summed E-state index contributed by atoms with van der Waals surface area (Å²) in [5.41, 5.74) is 7.51. The Kier molecular flexibility index (Phi) is 5.20. The van der Waals surface area contributed by atoms with Crippen LogP contribution in [0, 0.1) is 6.92 Å². The van der Waals surface area contributed by atoms with Crippen molar-refractivity contribution in [2.24, 2.45) is 5.73 Å². The van der Waals surface area contributed by atoms with E-state index in [2.05, 4.69) is 5.32 Å². The summed E-state index contributed by atoms with van der Waals surface area (Å²) in [6.45, 7) is 2.80. The van der Waals surface area contributed by atoms with Crippen LogP contribution < -0.4 is 15.8 Å². The van der Waals surface area contributed by atoms with Crippen molar-refractivity contribution < 1.29 is 9.53 Å². The molecule has 0 aliphatic heterocycles. The van der Waals surface area contributed by atoms with Crippen LogP contribution in [-0.4, -0.2) is 19.1 Å². The van der Waals surface area contributed by atoms with Crippen molar-refractivity contribution in [3.05, 3.63) is 58.6 Å². The number of hydrogen-bond acceptors (Lipinski definition) is 3. The Bertz CT molecular complexity index is 627. The van der Waals surface area contributed by atoms with E-state index in [9.17, 15) is 4.79 Å². The molecule has 4 nitrogen and oxygen atoms in total. The lowest BCUT2D eigenvalue weighted by molar-refractivity contribution is 0.102. The maximum absolute atomic E-state index is 12.1. The molecule has 2 rings (SSSR count). The molecule has 110 valence electrons. The number of anilines is 1. The minimum absolute atomic E-state index is 0.176. The first-order valence-corrected chi connectivity index (χ1v) is 6.98. The molecule has 1 amide bonds. The molecule has 0 bridgehead atoms. The summed E-state index contributed by atoms with van der Waals surface area (Å²) in [6, 6.07) is 12.3. The minimum atomic E-state index is -0.176. The number of nitrogens with one attached hydrogen (secondary N) is 1. The van der Waals surface area contributed by atoms with Gasteiger partial charge in [0.1, 0.15) is 12.4 Å². The lowest BCUT2D eigenvalue weighted by Crippen LogP contribution is -2.12. The molecule has 0 radical (unpaired) electrons. The van der Waals surface area contributed by atoms with E-state index in [4.69, 9.17) is 22.1 Å². The number of aryl methyl sites for hydroxylation is 1. The van der Waals surface area contributed by atoms with Crippen LogP contribution in [0.2, 0.25) is 5.02 Å². The van der Waals surface area contributed by atoms with Crippen molar-refractivity contribution in [1.29, 1.82) is 0 Å². The lowest BCUT2D eigenvalue weighted by Gasteiger charge is -2.08. The zero-order chi connectivity index (χ0) is 15.2. The first-order chi connectivity index (χ1) is 10.1. The molecule has 0 saturated carbocycles. The molecule has 0 unspecified atom stereocenters. The molecule has 2 aromatic rings. The fourth-order valence-electron chi connectivity index (χ4n) is 1.80. The molecule has 3 N–H and O–H groups in total. The Morgan fingerprint density at radius 2 is 1.95 bits per heavy atom. The van der Waals surface area contributed by atoms with Crippen LogP contribution in [0.25, 0.3) is 0 Å². The zero-order valence-electron chi connectivity index (χ0n) is 11.7. The smallest absolute Gasteiger partial charge is 0.255 e. The number of rotatable bonds is 5. The van der Waals surface area contributed by atoms with Crippen molar-refractivity contribution in [2.75, 3.05) is 18.5 Å². The maximum Gasteiger partial charge on any atom is 0.255 e. The summed E-state index contributed by atoms with van der Waals surface area (Å²) in [5, 5.41) is 3.47. The minimum Gasteiger partial charge on any atom is -0.492 e. The molecular formula is C16H17ClN2O2. The van der Waals surface area contributed by atoms with Gasteiger partial charge in [-0.05, 0) is 55.0 Å². The predicted molar refractivity (Wildman–Crippen MR) is 85.1 cm³/mol. The molecule has 0 heterocycles. The van der Waals surface area contributed by atoms with Crippen molar-refractivity contribution in [3.8, 4) is 5.75 Å². The van der Waals surface area contributed by atoms with Gasteiger partial charge in [-0.1, -0.05) is 11.6 Å². The number of hydrogen-bond donors (Lipinski definition) is 2. The van der Waals surface area contributed by atoms with Crippen molar-refractivity contribution in [1.82, 2.24) is 0 Å². The van der Waals surface area contributed by atoms with Gasteiger partial charge in [-0.15, -0.1) is 0 Å². The molecular weight excluding hydrogens is 288 g/mol. The van der Waals surface area contributed by atoms with E-state index in [0.717, 1.165) is 11.3 Å². The fraction of sp³-hybridized carbons (Fsp3) is 0.188. The highest BCUT2D eigenvalue weighted by molar-refractivity contribution is 6.31. The second-order valence-corrected chi connectivity index (χ2v) is 4.99. The normalized spacial score (nSPS) is 10.2. The summed E-state index contributed by atoms with van der Waals surface area (Å²) in [4.78, 5) is 12.1. The van der Waals surface area contributed by atoms with Crippen molar-refractivity contribution in [3.63, 3.8) is 0 Å². The third-order valence-corrected chi connectivity index (χ3v) is 3.34. The molecule has 0 aliphatic rings. The van der Waals surface area contributed by atoms with Crippen LogP contribution in [-0.2, 0) is 0 Å². The summed E-state index contributed by atoms with van der Waals surface area (Å²) < 4.78 is 5.38. The summed E-state index contributed by atoms with van der Waals surface area (Å²) in [6.07, 6.45) is 0. The van der Waals surface area contributed by atoms with Gasteiger partial charge in [0.2, 0.25) is 0 Å². The lowest BCUT2D eigenvalue weighted by atomic mass is 10.1. The molecule has 0 saturated heterocycles. The number of carbonyl (C=O) groups excluding carboxylic acids is 1. The standard InChI is InChI=1S/C16H17ClN2O2/c1-11-10-12(2-7-15(11)17)16(20)19-13-3-5-14(6-4-13)21-9-8-18/h2-7,10H,8-9,18H2,1H3,(H,19,20). The average Bonchev–Trinajstić information content (AvgIpc) is 2.49. The molecule has 0 spiro atoms. The van der Waals surface area contributed by atoms with Gasteiger partial charge in [-0.3, -0.25) is 4.79 Å². The van der Waals surface area contributed by atoms with E-state index < -0.39 is 0 Å². The highest BCUT2D eigenvalue weighted by Gasteiger charge is 2.07. The monoisotopic (exact) mass is 304 g/mol. The van der Waals surface area contributed by atoms with E-state index in [1.54, 1.807) is 42.5 Å². The first kappa shape index (κ1) is 15.4. The van der Waals surface area contributed by atoms with E-state index in [0.29, 0.717) is 29.4 Å². The van der Waals surface area contributed by atoms with Crippen molar-refractivity contribution >= 4 is 23.2 Å². The number of benzene rings is 2. The molecule has 5 heteroatoms. The average molecular weight is 305 g/mol. The molecule has 0 fully saturated rings. The number of amides is 1. The molecule has 0 aromatic heterocycles. The molecule has 0 aliphatic carbocycles. The van der Waals surface area contributed by atoms with Gasteiger partial charge >= 0.3 is 0 Å². The van der Waals surface area contributed by atoms with Crippen LogP contribution in [0.1, 0.15) is 15.9 Å². The van der Waals surface area contributed by atoms with Gasteiger partial charge in [-0.25, -0.2) is 0 Å². The van der Waals surface area contributed by atoms with Crippen LogP contribution in [0.5, 0.6) is 5.75 Å². The van der Waals surface area contributed by atoms with Gasteiger partial charge in [-0.2, -0.15) is 0 Å². The van der Waals surface area contributed by atoms with E-state index in [1.807, 2.05) is 6.92 Å². The van der Waals surface area contributed by atoms with Gasteiger partial charge in [0.15, 0.2) is 0 Å². The zero-order valence-corrected chi connectivity index (χ0v) is 12.5. The number of ether oxygens (including phenoxy) is 1. The fourth-order valence-corrected chi connectivity index (χ4v) is 1.92. The summed E-state index contributed by atoms with van der Waals surface area (Å²) in [5.74, 6) is 0.547. The Morgan fingerprint density at radius 3 is 2.57 bits per heavy atom. The summed E-state index contributed by atoms with van der Waals surface area (Å²) in [7, 11) is 0. The third kappa shape index (κ3) is 4.21. The third-order valence-electron chi connectivity index (χ3n) is 2.92. The molecule has 21 heavy (non-hydrogen) atoms. The second kappa shape index (κ2) is 7.11. The van der Waals surface area contributed by atoms with E-state index in [-0.39, 0.29) is 5.91 Å². The molecule has 0 atom stereocenters. The Balaban J connectivity index is 2.03. The van der Waals surface area contributed by atoms with Crippen LogP contribution >= 0.6 is 11.6 Å². The van der Waals surface area contributed by atoms with Gasteiger partial charge in [0.05, 0.1) is 0 Å². The van der Waals surface area contributed by atoms with Crippen LogP contribution in [0.3, 0.4) is 0 Å². The van der Waals surface area contributed by atoms with Crippen molar-refractivity contribution in [2.45, 2.75) is 6.92 Å². The predicted octanol–water partition coefficient (Wildman–Crippen LogP) is 3.24. The topological polar surface area (TPSA) is 64.3 Å². The maximum atomic E-state index is 12.1. The highest BCUT2D eigenvalue weighted by atomic mass is 35.5. The van der Waals surface area contributed by atoms with Gasteiger partial charge in [0.25, 0.3) is 5.91 Å². The SMILES string of the molecule is Cc1cc(C(=O)Nc2ccc(OCCN)cc2)ccc1Cl. The Morgan fingerprint density at radius 1 is 1.24 bits per heavy atom. The van der Waals surface area contributed by atoms with Gasteiger partial charge < -0.3 is 15.8 Å². The highest BCUT2D eigenvalue weighted by Crippen LogP contribution is 2.19. The van der Waals surface area contributed by atoms with Gasteiger partial charge in [0, 0.05) is 22.8 Å².